The van der Waals surface area contributed by atoms with Crippen molar-refractivity contribution in [3.63, 3.8) is 0 Å². The summed E-state index contributed by atoms with van der Waals surface area (Å²) in [5.41, 5.74) is -2.12. The van der Waals surface area contributed by atoms with Gasteiger partial charge in [-0.3, -0.25) is 9.59 Å². The van der Waals surface area contributed by atoms with Crippen molar-refractivity contribution >= 4 is 35.0 Å². The number of aromatic nitrogens is 2. The molecular weight excluding hydrogens is 355 g/mol. The van der Waals surface area contributed by atoms with Gasteiger partial charge in [0, 0.05) is 5.41 Å². The van der Waals surface area contributed by atoms with E-state index >= 15 is 0 Å². The number of carbonyl (C=O) groups is 2. The van der Waals surface area contributed by atoms with Crippen LogP contribution >= 0.6 is 23.2 Å². The van der Waals surface area contributed by atoms with E-state index in [4.69, 9.17) is 23.2 Å². The molecule has 0 atom stereocenters. The van der Waals surface area contributed by atoms with Crippen LogP contribution in [0.25, 0.3) is 5.69 Å². The molecule has 126 valence electrons. The van der Waals surface area contributed by atoms with Crippen molar-refractivity contribution in [2.75, 3.05) is 0 Å². The molecule has 0 aliphatic rings. The van der Waals surface area contributed by atoms with Crippen LogP contribution in [0.1, 0.15) is 41.6 Å². The Morgan fingerprint density at radius 1 is 1.12 bits per heavy atom. The minimum Gasteiger partial charge on any atom is -0.477 e. The average molecular weight is 369 g/mol. The maximum absolute atomic E-state index is 12.4. The lowest BCUT2D eigenvalue weighted by Crippen LogP contribution is -2.31. The molecule has 1 aromatic heterocycles. The van der Waals surface area contributed by atoms with Crippen LogP contribution in [-0.4, -0.2) is 26.6 Å². The molecule has 2 aromatic rings. The molecular formula is C16H14Cl2N2O4. The highest BCUT2D eigenvalue weighted by Gasteiger charge is 2.27. The van der Waals surface area contributed by atoms with Gasteiger partial charge in [0.05, 0.1) is 15.7 Å². The number of benzene rings is 1. The number of carbonyl (C=O) groups excluding carboxylic acids is 1. The molecule has 0 amide bonds. The van der Waals surface area contributed by atoms with E-state index in [0.717, 1.165) is 10.7 Å². The van der Waals surface area contributed by atoms with Gasteiger partial charge in [-0.1, -0.05) is 44.0 Å². The topological polar surface area (TPSA) is 89.3 Å². The molecule has 6 nitrogen and oxygen atoms in total. The number of Topliss-reactive ketones (excluding diaryl/α,β-unsaturated/α-hetero) is 1. The van der Waals surface area contributed by atoms with Crippen LogP contribution in [0.15, 0.2) is 29.1 Å². The van der Waals surface area contributed by atoms with Crippen molar-refractivity contribution in [1.29, 1.82) is 0 Å². The maximum Gasteiger partial charge on any atom is 0.341 e. The molecule has 0 fully saturated rings. The first kappa shape index (κ1) is 18.2. The molecule has 0 radical (unpaired) electrons. The first-order valence-electron chi connectivity index (χ1n) is 6.90. The lowest BCUT2D eigenvalue weighted by molar-refractivity contribution is 0.0694. The van der Waals surface area contributed by atoms with Crippen LogP contribution < -0.4 is 5.56 Å². The highest BCUT2D eigenvalue weighted by atomic mass is 35.5. The smallest absolute Gasteiger partial charge is 0.341 e. The predicted molar refractivity (Wildman–Crippen MR) is 90.6 cm³/mol. The molecule has 0 aliphatic carbocycles. The van der Waals surface area contributed by atoms with Gasteiger partial charge < -0.3 is 5.11 Å². The molecule has 0 saturated heterocycles. The SMILES string of the molecule is CC(C)(C)C(=O)c1cc(C(=O)O)c(=O)n(-c2ccc(Cl)c(Cl)c2)n1. The fourth-order valence-electron chi connectivity index (χ4n) is 1.93. The number of carboxylic acids is 1. The van der Waals surface area contributed by atoms with E-state index in [9.17, 15) is 19.5 Å². The van der Waals surface area contributed by atoms with E-state index < -0.39 is 22.5 Å². The van der Waals surface area contributed by atoms with Crippen molar-refractivity contribution in [3.8, 4) is 5.69 Å². The van der Waals surface area contributed by atoms with E-state index in [1.54, 1.807) is 20.8 Å². The zero-order chi connectivity index (χ0) is 18.2. The van der Waals surface area contributed by atoms with Gasteiger partial charge >= 0.3 is 5.97 Å². The van der Waals surface area contributed by atoms with E-state index in [1.165, 1.54) is 18.2 Å². The Labute approximate surface area is 147 Å². The standard InChI is InChI=1S/C16H14Cl2N2O4/c1-16(2,3)13(21)12-7-9(15(23)24)14(22)20(19-12)8-4-5-10(17)11(18)6-8/h4-7H,1-3H3,(H,23,24). The lowest BCUT2D eigenvalue weighted by atomic mass is 9.88. The van der Waals surface area contributed by atoms with Gasteiger partial charge in [-0.15, -0.1) is 0 Å². The fourth-order valence-corrected chi connectivity index (χ4v) is 2.23. The zero-order valence-electron chi connectivity index (χ0n) is 13.1. The zero-order valence-corrected chi connectivity index (χ0v) is 14.6. The van der Waals surface area contributed by atoms with E-state index in [-0.39, 0.29) is 27.2 Å². The van der Waals surface area contributed by atoms with Gasteiger partial charge in [-0.2, -0.15) is 9.78 Å². The first-order valence-corrected chi connectivity index (χ1v) is 7.66. The molecule has 0 saturated carbocycles. The summed E-state index contributed by atoms with van der Waals surface area (Å²) in [5, 5.41) is 13.7. The molecule has 2 rings (SSSR count). The Balaban J connectivity index is 2.77. The fraction of sp³-hybridized carbons (Fsp3) is 0.250. The van der Waals surface area contributed by atoms with Gasteiger partial charge in [-0.25, -0.2) is 4.79 Å². The Hall–Kier alpha value is -2.18. The summed E-state index contributed by atoms with van der Waals surface area (Å²) >= 11 is 11.8. The van der Waals surface area contributed by atoms with Gasteiger partial charge in [-0.05, 0) is 24.3 Å². The number of hydrogen-bond donors (Lipinski definition) is 1. The molecule has 0 aliphatic heterocycles. The van der Waals surface area contributed by atoms with Crippen molar-refractivity contribution in [1.82, 2.24) is 9.78 Å². The molecule has 0 spiro atoms. The summed E-state index contributed by atoms with van der Waals surface area (Å²) in [6.07, 6.45) is 0. The van der Waals surface area contributed by atoms with Gasteiger partial charge in [0.25, 0.3) is 5.56 Å². The Morgan fingerprint density at radius 2 is 1.75 bits per heavy atom. The predicted octanol–water partition coefficient (Wildman–Crippen LogP) is 3.47. The Morgan fingerprint density at radius 3 is 2.25 bits per heavy atom. The largest absolute Gasteiger partial charge is 0.477 e. The minimum absolute atomic E-state index is 0.120. The third kappa shape index (κ3) is 3.49. The summed E-state index contributed by atoms with van der Waals surface area (Å²) in [6.45, 7) is 5.02. The summed E-state index contributed by atoms with van der Waals surface area (Å²) < 4.78 is 0.838. The number of carboxylic acid groups (broad SMARTS) is 1. The molecule has 1 N–H and O–H groups in total. The summed E-state index contributed by atoms with van der Waals surface area (Å²) in [6, 6.07) is 5.27. The van der Waals surface area contributed by atoms with E-state index in [2.05, 4.69) is 5.10 Å². The second kappa shape index (κ2) is 6.37. The highest BCUT2D eigenvalue weighted by molar-refractivity contribution is 6.42. The van der Waals surface area contributed by atoms with Crippen molar-refractivity contribution in [3.05, 3.63) is 55.9 Å². The molecule has 1 aromatic carbocycles. The quantitative estimate of drug-likeness (QED) is 0.837. The van der Waals surface area contributed by atoms with Crippen LogP contribution in [-0.2, 0) is 0 Å². The van der Waals surface area contributed by atoms with Gasteiger partial charge in [0.15, 0.2) is 5.78 Å². The lowest BCUT2D eigenvalue weighted by Gasteiger charge is -2.17. The third-order valence-electron chi connectivity index (χ3n) is 3.20. The monoisotopic (exact) mass is 368 g/mol. The van der Waals surface area contributed by atoms with Crippen LogP contribution in [0.3, 0.4) is 0 Å². The van der Waals surface area contributed by atoms with Crippen molar-refractivity contribution < 1.29 is 14.7 Å². The van der Waals surface area contributed by atoms with E-state index in [1.807, 2.05) is 0 Å². The van der Waals surface area contributed by atoms with Crippen LogP contribution in [0.5, 0.6) is 0 Å². The summed E-state index contributed by atoms with van der Waals surface area (Å²) in [5.74, 6) is -1.84. The maximum atomic E-state index is 12.4. The Kier molecular flexibility index (Phi) is 4.82. The van der Waals surface area contributed by atoms with Gasteiger partial charge in [0.2, 0.25) is 0 Å². The number of hydrogen-bond acceptors (Lipinski definition) is 4. The number of aromatic carboxylic acids is 1. The normalized spacial score (nSPS) is 11.4. The molecule has 8 heteroatoms. The third-order valence-corrected chi connectivity index (χ3v) is 3.94. The number of nitrogens with zero attached hydrogens (tertiary/aromatic N) is 2. The average Bonchev–Trinajstić information content (AvgIpc) is 2.48. The van der Waals surface area contributed by atoms with E-state index in [0.29, 0.717) is 0 Å². The number of halogens is 2. The summed E-state index contributed by atoms with van der Waals surface area (Å²) in [7, 11) is 0. The van der Waals surface area contributed by atoms with Crippen LogP contribution in [0.4, 0.5) is 0 Å². The summed E-state index contributed by atoms with van der Waals surface area (Å²) in [4.78, 5) is 36.2. The van der Waals surface area contributed by atoms with Crippen molar-refractivity contribution in [2.45, 2.75) is 20.8 Å². The second-order valence-electron chi connectivity index (χ2n) is 6.14. The van der Waals surface area contributed by atoms with Crippen LogP contribution in [0.2, 0.25) is 10.0 Å². The molecule has 1 heterocycles. The highest BCUT2D eigenvalue weighted by Crippen LogP contribution is 2.24. The van der Waals surface area contributed by atoms with Crippen LogP contribution in [0, 0.1) is 5.41 Å². The molecule has 24 heavy (non-hydrogen) atoms. The van der Waals surface area contributed by atoms with Crippen molar-refractivity contribution in [2.24, 2.45) is 5.41 Å². The number of rotatable bonds is 3. The molecule has 0 unspecified atom stereocenters. The molecule has 0 bridgehead atoms. The first-order chi connectivity index (χ1) is 11.0. The van der Waals surface area contributed by atoms with Gasteiger partial charge in [0.1, 0.15) is 11.3 Å². The second-order valence-corrected chi connectivity index (χ2v) is 6.96. The Bertz CT molecular complexity index is 898. The number of ketones is 1. The minimum atomic E-state index is -1.45.